The van der Waals surface area contributed by atoms with Crippen LogP contribution in [-0.4, -0.2) is 74.9 Å². The van der Waals surface area contributed by atoms with E-state index in [1.165, 1.54) is 14.1 Å². The highest BCUT2D eigenvalue weighted by Crippen LogP contribution is 2.32. The highest BCUT2D eigenvalue weighted by Gasteiger charge is 2.35. The van der Waals surface area contributed by atoms with Crippen molar-refractivity contribution in [2.75, 3.05) is 54.8 Å². The lowest BCUT2D eigenvalue weighted by Gasteiger charge is -2.35. The number of sulfonamides is 1. The summed E-state index contributed by atoms with van der Waals surface area (Å²) in [6.07, 6.45) is 0.991. The van der Waals surface area contributed by atoms with E-state index in [9.17, 15) is 22.0 Å². The van der Waals surface area contributed by atoms with Gasteiger partial charge in [-0.2, -0.15) is 4.31 Å². The molecule has 4 rings (SSSR count). The van der Waals surface area contributed by atoms with Gasteiger partial charge in [0.05, 0.1) is 29.5 Å². The molecule has 2 aliphatic heterocycles. The number of carbonyl (C=O) groups excluding carboxylic acids is 1. The number of hydrogen-bond acceptors (Lipinski definition) is 6. The molecule has 0 spiro atoms. The molecule has 3 fully saturated rings. The summed E-state index contributed by atoms with van der Waals surface area (Å²) in [4.78, 5) is 15.7. The number of piperazine rings is 1. The smallest absolute Gasteiger partial charge is 0.414 e. The van der Waals surface area contributed by atoms with E-state index >= 15 is 0 Å². The van der Waals surface area contributed by atoms with Crippen LogP contribution >= 0.6 is 12.2 Å². The Kier molecular flexibility index (Phi) is 6.55. The van der Waals surface area contributed by atoms with Gasteiger partial charge in [0.2, 0.25) is 10.0 Å². The Morgan fingerprint density at radius 2 is 1.81 bits per heavy atom. The van der Waals surface area contributed by atoms with Gasteiger partial charge in [-0.3, -0.25) is 4.90 Å². The molecule has 3 aliphatic rings. The van der Waals surface area contributed by atoms with Gasteiger partial charge < -0.3 is 15.0 Å². The van der Waals surface area contributed by atoms with Gasteiger partial charge in [-0.05, 0) is 19.8 Å². The van der Waals surface area contributed by atoms with Crippen molar-refractivity contribution in [1.29, 1.82) is 0 Å². The zero-order valence-corrected chi connectivity index (χ0v) is 19.4. The van der Waals surface area contributed by atoms with Crippen LogP contribution in [0.5, 0.6) is 0 Å². The molecule has 1 saturated carbocycles. The van der Waals surface area contributed by atoms with Crippen LogP contribution in [0.25, 0.3) is 0 Å². The first kappa shape index (κ1) is 23.1. The molecule has 2 saturated heterocycles. The molecule has 1 N–H and O–H groups in total. The predicted octanol–water partition coefficient (Wildman–Crippen LogP) is 2.09. The fraction of sp³-hybridized carbons (Fsp3) is 0.600. The molecular formula is C20H26F2N4O4S2. The van der Waals surface area contributed by atoms with Crippen LogP contribution in [-0.2, 0) is 14.8 Å². The summed E-state index contributed by atoms with van der Waals surface area (Å²) in [7, 11) is -3.34. The second kappa shape index (κ2) is 9.06. The number of nitrogens with zero attached hydrogens (tertiary/aromatic N) is 3. The minimum absolute atomic E-state index is 0.0146. The van der Waals surface area contributed by atoms with E-state index in [2.05, 4.69) is 5.32 Å². The Bertz CT molecular complexity index is 988. The number of thiocarbonyl (C=S) groups is 1. The fourth-order valence-electron chi connectivity index (χ4n) is 3.93. The van der Waals surface area contributed by atoms with E-state index in [0.717, 1.165) is 30.0 Å². The minimum Gasteiger partial charge on any atom is -0.442 e. The maximum Gasteiger partial charge on any atom is 0.414 e. The monoisotopic (exact) mass is 488 g/mol. The average Bonchev–Trinajstić information content (AvgIpc) is 3.54. The van der Waals surface area contributed by atoms with Crippen molar-refractivity contribution < 1.29 is 26.7 Å². The Morgan fingerprint density at radius 3 is 2.38 bits per heavy atom. The lowest BCUT2D eigenvalue weighted by atomic mass is 10.2. The molecule has 1 aromatic rings. The molecule has 176 valence electrons. The number of cyclic esters (lactones) is 1. The van der Waals surface area contributed by atoms with Crippen LogP contribution in [0.15, 0.2) is 12.1 Å². The summed E-state index contributed by atoms with van der Waals surface area (Å²) >= 11 is 5.27. The summed E-state index contributed by atoms with van der Waals surface area (Å²) in [5, 5.41) is 3.10. The average molecular weight is 489 g/mol. The van der Waals surface area contributed by atoms with Crippen molar-refractivity contribution in [2.45, 2.75) is 25.9 Å². The first-order chi connectivity index (χ1) is 15.2. The van der Waals surface area contributed by atoms with Crippen molar-refractivity contribution in [3.05, 3.63) is 23.8 Å². The minimum atomic E-state index is -3.34. The number of ether oxygens (including phenoxy) is 1. The second-order valence-electron chi connectivity index (χ2n) is 8.18. The number of amides is 1. The number of carbonyl (C=O) groups is 1. The maximum absolute atomic E-state index is 14.9. The van der Waals surface area contributed by atoms with Gasteiger partial charge in [-0.1, -0.05) is 12.2 Å². The molecule has 0 aromatic heterocycles. The van der Waals surface area contributed by atoms with Gasteiger partial charge in [0.1, 0.15) is 11.8 Å². The highest BCUT2D eigenvalue weighted by atomic mass is 32.2. The van der Waals surface area contributed by atoms with Gasteiger partial charge in [-0.25, -0.2) is 22.0 Å². The topological polar surface area (TPSA) is 82.2 Å². The molecule has 32 heavy (non-hydrogen) atoms. The van der Waals surface area contributed by atoms with Crippen molar-refractivity contribution in [3.63, 3.8) is 0 Å². The molecule has 1 amide bonds. The van der Waals surface area contributed by atoms with E-state index in [0.29, 0.717) is 12.5 Å². The lowest BCUT2D eigenvalue weighted by Crippen LogP contribution is -2.49. The van der Waals surface area contributed by atoms with Gasteiger partial charge in [0, 0.05) is 44.2 Å². The van der Waals surface area contributed by atoms with E-state index in [-0.39, 0.29) is 49.9 Å². The van der Waals surface area contributed by atoms with Gasteiger partial charge >= 0.3 is 6.09 Å². The normalized spacial score (nSPS) is 22.2. The molecule has 1 aliphatic carbocycles. The van der Waals surface area contributed by atoms with Gasteiger partial charge in [0.15, 0.2) is 11.6 Å². The molecule has 1 aromatic carbocycles. The van der Waals surface area contributed by atoms with Crippen molar-refractivity contribution in [3.8, 4) is 0 Å². The Hall–Kier alpha value is -2.05. The lowest BCUT2D eigenvalue weighted by molar-refractivity contribution is 0.143. The van der Waals surface area contributed by atoms with Crippen LogP contribution in [0, 0.1) is 17.6 Å². The number of anilines is 2. The third-order valence-corrected chi connectivity index (χ3v) is 8.31. The van der Waals surface area contributed by atoms with Gasteiger partial charge in [-0.15, -0.1) is 0 Å². The Labute approximate surface area is 191 Å². The third-order valence-electron chi connectivity index (χ3n) is 5.95. The number of nitrogens with one attached hydrogen (secondary N) is 1. The quantitative estimate of drug-likeness (QED) is 0.589. The summed E-state index contributed by atoms with van der Waals surface area (Å²) in [5.41, 5.74) is -0.143. The van der Waals surface area contributed by atoms with Crippen molar-refractivity contribution in [1.82, 2.24) is 9.62 Å². The number of halogens is 2. The SMILES string of the molecule is CCS(=O)(=O)N1CCN(c2c(F)cc(N3CC(CNC(=S)C4CC4)OC3=O)cc2F)CC1. The van der Waals surface area contributed by atoms with Crippen LogP contribution in [0.4, 0.5) is 25.0 Å². The van der Waals surface area contributed by atoms with Gasteiger partial charge in [0.25, 0.3) is 0 Å². The summed E-state index contributed by atoms with van der Waals surface area (Å²) in [5.74, 6) is -1.23. The summed E-state index contributed by atoms with van der Waals surface area (Å²) in [6, 6.07) is 2.22. The Morgan fingerprint density at radius 1 is 1.19 bits per heavy atom. The number of hydrogen-bond donors (Lipinski definition) is 1. The standard InChI is InChI=1S/C20H26F2N4O4S2/c1-2-32(28,29)25-7-5-24(6-8-25)18-16(21)9-14(10-17(18)22)26-12-15(30-20(26)27)11-23-19(31)13-3-4-13/h9-10,13,15H,2-8,11-12H2,1H3,(H,23,31). The van der Waals surface area contributed by atoms with E-state index < -0.39 is 33.9 Å². The Balaban J connectivity index is 1.41. The molecule has 0 bridgehead atoms. The van der Waals surface area contributed by atoms with Crippen LogP contribution in [0.2, 0.25) is 0 Å². The zero-order chi connectivity index (χ0) is 23.0. The second-order valence-corrected chi connectivity index (χ2v) is 10.9. The van der Waals surface area contributed by atoms with Crippen LogP contribution < -0.4 is 15.1 Å². The zero-order valence-electron chi connectivity index (χ0n) is 17.7. The van der Waals surface area contributed by atoms with E-state index in [4.69, 9.17) is 17.0 Å². The molecule has 1 atom stereocenters. The molecule has 12 heteroatoms. The molecule has 1 unspecified atom stereocenters. The van der Waals surface area contributed by atoms with Crippen LogP contribution in [0.3, 0.4) is 0 Å². The molecule has 0 radical (unpaired) electrons. The van der Waals surface area contributed by atoms with Crippen molar-refractivity contribution >= 4 is 44.7 Å². The highest BCUT2D eigenvalue weighted by molar-refractivity contribution is 7.89. The predicted molar refractivity (Wildman–Crippen MR) is 121 cm³/mol. The largest absolute Gasteiger partial charge is 0.442 e. The molecular weight excluding hydrogens is 462 g/mol. The number of benzene rings is 1. The summed E-state index contributed by atoms with van der Waals surface area (Å²) < 4.78 is 60.4. The fourth-order valence-corrected chi connectivity index (χ4v) is 5.33. The van der Waals surface area contributed by atoms with Crippen molar-refractivity contribution in [2.24, 2.45) is 5.92 Å². The maximum atomic E-state index is 14.9. The third kappa shape index (κ3) is 4.81. The molecule has 8 nitrogen and oxygen atoms in total. The van der Waals surface area contributed by atoms with E-state index in [1.54, 1.807) is 6.92 Å². The molecule has 2 heterocycles. The first-order valence-electron chi connectivity index (χ1n) is 10.7. The first-order valence-corrected chi connectivity index (χ1v) is 12.7. The number of rotatable bonds is 7. The van der Waals surface area contributed by atoms with E-state index in [1.807, 2.05) is 0 Å². The summed E-state index contributed by atoms with van der Waals surface area (Å²) in [6.45, 7) is 2.74. The van der Waals surface area contributed by atoms with Crippen LogP contribution in [0.1, 0.15) is 19.8 Å².